The lowest BCUT2D eigenvalue weighted by molar-refractivity contribution is 0.0935. The number of carbonyl (C=O) groups is 1. The Morgan fingerprint density at radius 1 is 1.36 bits per heavy atom. The van der Waals surface area contributed by atoms with Crippen molar-refractivity contribution in [2.75, 3.05) is 0 Å². The van der Waals surface area contributed by atoms with E-state index in [2.05, 4.69) is 39.3 Å². The first-order chi connectivity index (χ1) is 10.7. The highest BCUT2D eigenvalue weighted by Gasteiger charge is 2.18. The average molecular weight is 302 g/mol. The van der Waals surface area contributed by atoms with Crippen molar-refractivity contribution < 1.29 is 4.79 Å². The standard InChI is InChI=1S/C15H22N6O/c1-4-6-13-12(8-16-9-17-13)15(22)19-11(3)14-20-18-10-21(14)7-5-2/h8-11H,4-7H2,1-3H3,(H,19,22)/t11-/m1/s1. The van der Waals surface area contributed by atoms with E-state index >= 15 is 0 Å². The lowest BCUT2D eigenvalue weighted by Gasteiger charge is -2.15. The largest absolute Gasteiger partial charge is 0.342 e. The van der Waals surface area contributed by atoms with Gasteiger partial charge in [-0.2, -0.15) is 0 Å². The zero-order chi connectivity index (χ0) is 15.9. The maximum absolute atomic E-state index is 12.5. The highest BCUT2D eigenvalue weighted by Crippen LogP contribution is 2.12. The van der Waals surface area contributed by atoms with Crippen LogP contribution in [-0.2, 0) is 13.0 Å². The molecule has 0 aliphatic rings. The Hall–Kier alpha value is -2.31. The molecule has 0 saturated heterocycles. The predicted molar refractivity (Wildman–Crippen MR) is 82.2 cm³/mol. The fourth-order valence-corrected chi connectivity index (χ4v) is 2.33. The molecule has 2 aromatic heterocycles. The number of aryl methyl sites for hydroxylation is 2. The molecule has 0 spiro atoms. The van der Waals surface area contributed by atoms with Crippen LogP contribution in [0.25, 0.3) is 0 Å². The van der Waals surface area contributed by atoms with Crippen LogP contribution in [0, 0.1) is 0 Å². The molecule has 1 amide bonds. The van der Waals surface area contributed by atoms with Crippen LogP contribution in [0.4, 0.5) is 0 Å². The lowest BCUT2D eigenvalue weighted by Crippen LogP contribution is -2.30. The Morgan fingerprint density at radius 2 is 2.18 bits per heavy atom. The van der Waals surface area contributed by atoms with E-state index in [9.17, 15) is 4.79 Å². The number of hydrogen-bond acceptors (Lipinski definition) is 5. The van der Waals surface area contributed by atoms with Gasteiger partial charge in [0.15, 0.2) is 5.82 Å². The van der Waals surface area contributed by atoms with E-state index in [4.69, 9.17) is 0 Å². The minimum absolute atomic E-state index is 0.178. The van der Waals surface area contributed by atoms with Gasteiger partial charge >= 0.3 is 0 Å². The number of amides is 1. The Morgan fingerprint density at radius 3 is 2.91 bits per heavy atom. The first-order valence-corrected chi connectivity index (χ1v) is 7.64. The smallest absolute Gasteiger partial charge is 0.255 e. The molecule has 7 heteroatoms. The number of rotatable bonds is 7. The van der Waals surface area contributed by atoms with Crippen molar-refractivity contribution in [3.63, 3.8) is 0 Å². The van der Waals surface area contributed by atoms with Crippen LogP contribution >= 0.6 is 0 Å². The van der Waals surface area contributed by atoms with E-state index in [1.54, 1.807) is 12.5 Å². The number of hydrogen-bond donors (Lipinski definition) is 1. The van der Waals surface area contributed by atoms with Crippen molar-refractivity contribution in [1.82, 2.24) is 30.0 Å². The first kappa shape index (κ1) is 16.1. The predicted octanol–water partition coefficient (Wildman–Crippen LogP) is 1.92. The van der Waals surface area contributed by atoms with Crippen LogP contribution in [0.15, 0.2) is 18.9 Å². The van der Waals surface area contributed by atoms with Gasteiger partial charge in [0.25, 0.3) is 5.91 Å². The summed E-state index contributed by atoms with van der Waals surface area (Å²) in [5, 5.41) is 11.0. The fraction of sp³-hybridized carbons (Fsp3) is 0.533. The monoisotopic (exact) mass is 302 g/mol. The van der Waals surface area contributed by atoms with Gasteiger partial charge in [-0.3, -0.25) is 4.79 Å². The third kappa shape index (κ3) is 3.66. The Kier molecular flexibility index (Phi) is 5.57. The maximum Gasteiger partial charge on any atom is 0.255 e. The fourth-order valence-electron chi connectivity index (χ4n) is 2.33. The molecule has 0 fully saturated rings. The number of nitrogens with zero attached hydrogens (tertiary/aromatic N) is 5. The minimum Gasteiger partial charge on any atom is -0.342 e. The summed E-state index contributed by atoms with van der Waals surface area (Å²) in [6, 6.07) is -0.226. The number of nitrogens with one attached hydrogen (secondary N) is 1. The van der Waals surface area contributed by atoms with Crippen LogP contribution in [0.3, 0.4) is 0 Å². The van der Waals surface area contributed by atoms with Crippen LogP contribution in [0.2, 0.25) is 0 Å². The van der Waals surface area contributed by atoms with E-state index in [0.29, 0.717) is 5.56 Å². The highest BCUT2D eigenvalue weighted by atomic mass is 16.1. The molecule has 0 aliphatic carbocycles. The minimum atomic E-state index is -0.226. The Balaban J connectivity index is 2.13. The third-order valence-electron chi connectivity index (χ3n) is 3.37. The summed E-state index contributed by atoms with van der Waals surface area (Å²) in [5.74, 6) is 0.576. The molecule has 1 atom stereocenters. The molecule has 0 aliphatic heterocycles. The summed E-state index contributed by atoms with van der Waals surface area (Å²) in [5.41, 5.74) is 1.30. The normalized spacial score (nSPS) is 12.1. The van der Waals surface area contributed by atoms with Crippen LogP contribution in [-0.4, -0.2) is 30.6 Å². The third-order valence-corrected chi connectivity index (χ3v) is 3.37. The van der Waals surface area contributed by atoms with E-state index in [0.717, 1.165) is 37.3 Å². The molecule has 2 aromatic rings. The summed E-state index contributed by atoms with van der Waals surface area (Å²) in [6.07, 6.45) is 7.40. The van der Waals surface area contributed by atoms with Gasteiger partial charge in [0, 0.05) is 12.7 Å². The van der Waals surface area contributed by atoms with Crippen LogP contribution in [0.5, 0.6) is 0 Å². The zero-order valence-electron chi connectivity index (χ0n) is 13.3. The molecular formula is C15H22N6O. The molecule has 0 unspecified atom stereocenters. The molecule has 22 heavy (non-hydrogen) atoms. The molecule has 0 radical (unpaired) electrons. The van der Waals surface area contributed by atoms with E-state index in [1.165, 1.54) is 6.33 Å². The summed E-state index contributed by atoms with van der Waals surface area (Å²) >= 11 is 0. The second-order valence-electron chi connectivity index (χ2n) is 5.21. The number of carbonyl (C=O) groups excluding carboxylic acids is 1. The summed E-state index contributed by atoms with van der Waals surface area (Å²) < 4.78 is 1.96. The number of aromatic nitrogens is 5. The molecule has 2 rings (SSSR count). The van der Waals surface area contributed by atoms with Gasteiger partial charge in [-0.25, -0.2) is 9.97 Å². The summed E-state index contributed by atoms with van der Waals surface area (Å²) in [6.45, 7) is 6.88. The zero-order valence-corrected chi connectivity index (χ0v) is 13.3. The Labute approximate surface area is 130 Å². The van der Waals surface area contributed by atoms with Crippen molar-refractivity contribution in [3.05, 3.63) is 35.9 Å². The van der Waals surface area contributed by atoms with Crippen molar-refractivity contribution >= 4 is 5.91 Å². The lowest BCUT2D eigenvalue weighted by atomic mass is 10.1. The molecule has 2 heterocycles. The van der Waals surface area contributed by atoms with Crippen molar-refractivity contribution in [1.29, 1.82) is 0 Å². The van der Waals surface area contributed by atoms with E-state index < -0.39 is 0 Å². The van der Waals surface area contributed by atoms with Crippen molar-refractivity contribution in [3.8, 4) is 0 Å². The van der Waals surface area contributed by atoms with E-state index in [1.807, 2.05) is 11.5 Å². The van der Waals surface area contributed by atoms with Crippen molar-refractivity contribution in [2.24, 2.45) is 0 Å². The maximum atomic E-state index is 12.5. The van der Waals surface area contributed by atoms with Gasteiger partial charge in [0.2, 0.25) is 0 Å². The van der Waals surface area contributed by atoms with Crippen molar-refractivity contribution in [2.45, 2.75) is 52.6 Å². The second kappa shape index (κ2) is 7.63. The average Bonchev–Trinajstić information content (AvgIpc) is 2.97. The summed E-state index contributed by atoms with van der Waals surface area (Å²) in [4.78, 5) is 20.6. The Bertz CT molecular complexity index is 624. The second-order valence-corrected chi connectivity index (χ2v) is 5.21. The van der Waals surface area contributed by atoms with Gasteiger partial charge < -0.3 is 9.88 Å². The first-order valence-electron chi connectivity index (χ1n) is 7.64. The molecule has 0 aromatic carbocycles. The van der Waals surface area contributed by atoms with Crippen LogP contribution < -0.4 is 5.32 Å². The van der Waals surface area contributed by atoms with Gasteiger partial charge in [-0.1, -0.05) is 20.3 Å². The quantitative estimate of drug-likeness (QED) is 0.844. The molecule has 0 bridgehead atoms. The molecule has 1 N–H and O–H groups in total. The van der Waals surface area contributed by atoms with Crippen LogP contribution in [0.1, 0.15) is 61.5 Å². The topological polar surface area (TPSA) is 85.6 Å². The SMILES string of the molecule is CCCc1ncncc1C(=O)N[C@H](C)c1nncn1CCC. The van der Waals surface area contributed by atoms with Gasteiger partial charge in [-0.15, -0.1) is 10.2 Å². The summed E-state index contributed by atoms with van der Waals surface area (Å²) in [7, 11) is 0. The van der Waals surface area contributed by atoms with Gasteiger partial charge in [-0.05, 0) is 19.8 Å². The van der Waals surface area contributed by atoms with Gasteiger partial charge in [0.1, 0.15) is 12.7 Å². The van der Waals surface area contributed by atoms with Gasteiger partial charge in [0.05, 0.1) is 17.3 Å². The molecule has 118 valence electrons. The molecule has 0 saturated carbocycles. The molecular weight excluding hydrogens is 280 g/mol. The highest BCUT2D eigenvalue weighted by molar-refractivity contribution is 5.95. The van der Waals surface area contributed by atoms with E-state index in [-0.39, 0.29) is 11.9 Å². The molecule has 7 nitrogen and oxygen atoms in total.